The average molecular weight is 288 g/mol. The minimum atomic E-state index is -4.14. The zero-order valence-corrected chi connectivity index (χ0v) is 13.5. The second-order valence-corrected chi connectivity index (χ2v) is 5.50. The van der Waals surface area contributed by atoms with Gasteiger partial charge in [0.05, 0.1) is 16.7 Å². The maximum absolute atomic E-state index is 10.4. The van der Waals surface area contributed by atoms with E-state index in [1.807, 2.05) is 42.5 Å². The summed E-state index contributed by atoms with van der Waals surface area (Å²) in [5.74, 6) is 0.289. The van der Waals surface area contributed by atoms with Gasteiger partial charge in [0.1, 0.15) is 5.75 Å². The van der Waals surface area contributed by atoms with E-state index in [9.17, 15) is 13.0 Å². The molecule has 0 unspecified atom stereocenters. The molecule has 2 aromatic rings. The largest absolute Gasteiger partial charge is 1.00 e. The topological polar surface area (TPSA) is 66.4 Å². The Labute approximate surface area is 134 Å². The molecule has 6 heteroatoms. The minimum absolute atomic E-state index is 0. The van der Waals surface area contributed by atoms with Crippen molar-refractivity contribution in [1.82, 2.24) is 0 Å². The Hall–Kier alpha value is -0.590. The fraction of sp³-hybridized carbons (Fsp3) is 0.231. The van der Waals surface area contributed by atoms with Crippen LogP contribution in [0.1, 0.15) is 6.42 Å². The molecule has 0 aliphatic heterocycles. The molecule has 0 aliphatic carbocycles. The maximum atomic E-state index is 10.4. The molecule has 0 fully saturated rings. The second kappa shape index (κ2) is 7.26. The molecule has 0 bridgehead atoms. The zero-order valence-electron chi connectivity index (χ0n) is 10.7. The van der Waals surface area contributed by atoms with Crippen molar-refractivity contribution in [1.29, 1.82) is 0 Å². The van der Waals surface area contributed by atoms with Crippen LogP contribution in [0.25, 0.3) is 10.8 Å². The van der Waals surface area contributed by atoms with Gasteiger partial charge in [-0.15, -0.1) is 0 Å². The standard InChI is InChI=1S/C13H14O4S.Na/c14-18(15,16)9-3-8-17-13-7-6-11-4-1-2-5-12(11)10-13;/h1-2,4-7,10H,3,8-9H2,(H,14,15,16);/q;+1/p-1. The van der Waals surface area contributed by atoms with Crippen LogP contribution in [-0.4, -0.2) is 25.3 Å². The first kappa shape index (κ1) is 16.5. The van der Waals surface area contributed by atoms with Gasteiger partial charge in [0.25, 0.3) is 0 Å². The first-order valence-electron chi connectivity index (χ1n) is 5.60. The summed E-state index contributed by atoms with van der Waals surface area (Å²) in [6.45, 7) is 0.222. The SMILES string of the molecule is O=S(=O)([O-])CCCOc1ccc2ccccc2c1.[Na+]. The van der Waals surface area contributed by atoms with Crippen LogP contribution in [0.5, 0.6) is 5.75 Å². The number of hydrogen-bond acceptors (Lipinski definition) is 4. The summed E-state index contributed by atoms with van der Waals surface area (Å²) in [5.41, 5.74) is 0. The van der Waals surface area contributed by atoms with E-state index in [4.69, 9.17) is 4.74 Å². The molecule has 0 heterocycles. The van der Waals surface area contributed by atoms with Gasteiger partial charge in [-0.25, -0.2) is 8.42 Å². The van der Waals surface area contributed by atoms with Crippen molar-refractivity contribution in [3.63, 3.8) is 0 Å². The molecular formula is C13H13NaO4S. The molecule has 0 N–H and O–H groups in total. The zero-order chi connectivity index (χ0) is 13.0. The van der Waals surface area contributed by atoms with E-state index in [2.05, 4.69) is 0 Å². The molecule has 0 spiro atoms. The molecule has 0 saturated carbocycles. The van der Waals surface area contributed by atoms with Crippen molar-refractivity contribution in [3.8, 4) is 5.75 Å². The average Bonchev–Trinajstić information content (AvgIpc) is 2.33. The van der Waals surface area contributed by atoms with Crippen molar-refractivity contribution >= 4 is 20.9 Å². The summed E-state index contributed by atoms with van der Waals surface area (Å²) in [4.78, 5) is 0. The van der Waals surface area contributed by atoms with E-state index in [0.717, 1.165) is 10.8 Å². The van der Waals surface area contributed by atoms with Gasteiger partial charge in [-0.3, -0.25) is 0 Å². The smallest absolute Gasteiger partial charge is 0.748 e. The number of rotatable bonds is 5. The van der Waals surface area contributed by atoms with Gasteiger partial charge in [-0.1, -0.05) is 30.3 Å². The van der Waals surface area contributed by atoms with Crippen molar-refractivity contribution < 1.29 is 47.3 Å². The van der Waals surface area contributed by atoms with Gasteiger partial charge >= 0.3 is 29.6 Å². The van der Waals surface area contributed by atoms with E-state index in [1.54, 1.807) is 0 Å². The van der Waals surface area contributed by atoms with E-state index in [1.165, 1.54) is 0 Å². The first-order valence-corrected chi connectivity index (χ1v) is 7.17. The number of benzene rings is 2. The predicted molar refractivity (Wildman–Crippen MR) is 68.6 cm³/mol. The molecule has 0 amide bonds. The van der Waals surface area contributed by atoms with Crippen LogP contribution in [0.15, 0.2) is 42.5 Å². The summed E-state index contributed by atoms with van der Waals surface area (Å²) in [6, 6.07) is 13.5. The predicted octanol–water partition coefficient (Wildman–Crippen LogP) is -0.842. The Kier molecular flexibility index (Phi) is 6.29. The molecule has 0 aromatic heterocycles. The van der Waals surface area contributed by atoms with E-state index < -0.39 is 10.1 Å². The van der Waals surface area contributed by atoms with E-state index in [-0.39, 0.29) is 48.3 Å². The molecule has 0 radical (unpaired) electrons. The van der Waals surface area contributed by atoms with Gasteiger partial charge in [-0.2, -0.15) is 0 Å². The third-order valence-electron chi connectivity index (χ3n) is 2.53. The molecule has 2 aromatic carbocycles. The summed E-state index contributed by atoms with van der Waals surface area (Å²) >= 11 is 0. The van der Waals surface area contributed by atoms with Crippen molar-refractivity contribution in [2.45, 2.75) is 6.42 Å². The maximum Gasteiger partial charge on any atom is 1.00 e. The Balaban J connectivity index is 0.00000180. The molecule has 2 rings (SSSR count). The first-order chi connectivity index (χ1) is 8.54. The number of fused-ring (bicyclic) bond motifs is 1. The van der Waals surface area contributed by atoms with Crippen LogP contribution in [0.3, 0.4) is 0 Å². The third-order valence-corrected chi connectivity index (χ3v) is 3.32. The van der Waals surface area contributed by atoms with Crippen molar-refractivity contribution in [2.75, 3.05) is 12.4 Å². The summed E-state index contributed by atoms with van der Waals surface area (Å²) in [7, 11) is -4.14. The van der Waals surface area contributed by atoms with Gasteiger partial charge in [0.15, 0.2) is 0 Å². The fourth-order valence-corrected chi connectivity index (χ4v) is 2.15. The van der Waals surface area contributed by atoms with Gasteiger partial charge in [0, 0.05) is 5.75 Å². The summed E-state index contributed by atoms with van der Waals surface area (Å²) in [6.07, 6.45) is 0.207. The Morgan fingerprint density at radius 1 is 1.05 bits per heavy atom. The normalized spacial score (nSPS) is 11.0. The van der Waals surface area contributed by atoms with Crippen LogP contribution in [-0.2, 0) is 10.1 Å². The van der Waals surface area contributed by atoms with E-state index in [0.29, 0.717) is 5.75 Å². The van der Waals surface area contributed by atoms with Crippen molar-refractivity contribution in [3.05, 3.63) is 42.5 Å². The van der Waals surface area contributed by atoms with Crippen LogP contribution in [0.2, 0.25) is 0 Å². The van der Waals surface area contributed by atoms with Crippen LogP contribution in [0.4, 0.5) is 0 Å². The Morgan fingerprint density at radius 3 is 2.42 bits per heavy atom. The summed E-state index contributed by atoms with van der Waals surface area (Å²) < 4.78 is 36.6. The fourth-order valence-electron chi connectivity index (χ4n) is 1.68. The minimum Gasteiger partial charge on any atom is -0.748 e. The molecule has 0 aliphatic rings. The molecule has 19 heavy (non-hydrogen) atoms. The molecule has 96 valence electrons. The quantitative estimate of drug-likeness (QED) is 0.409. The molecule has 4 nitrogen and oxygen atoms in total. The van der Waals surface area contributed by atoms with Crippen molar-refractivity contribution in [2.24, 2.45) is 0 Å². The summed E-state index contributed by atoms with van der Waals surface area (Å²) in [5, 5.41) is 2.18. The monoisotopic (exact) mass is 288 g/mol. The number of ether oxygens (including phenoxy) is 1. The van der Waals surface area contributed by atoms with Crippen LogP contribution in [0, 0.1) is 0 Å². The Morgan fingerprint density at radius 2 is 1.74 bits per heavy atom. The van der Waals surface area contributed by atoms with Gasteiger partial charge < -0.3 is 9.29 Å². The van der Waals surface area contributed by atoms with E-state index >= 15 is 0 Å². The van der Waals surface area contributed by atoms with Gasteiger partial charge in [0.2, 0.25) is 0 Å². The van der Waals surface area contributed by atoms with Crippen LogP contribution < -0.4 is 34.3 Å². The Bertz CT molecular complexity index is 640. The molecule has 0 atom stereocenters. The third kappa shape index (κ3) is 5.50. The van der Waals surface area contributed by atoms with Crippen LogP contribution >= 0.6 is 0 Å². The van der Waals surface area contributed by atoms with Gasteiger partial charge in [-0.05, 0) is 29.3 Å². The second-order valence-electron chi connectivity index (χ2n) is 3.97. The number of hydrogen-bond donors (Lipinski definition) is 0. The molecule has 0 saturated heterocycles. The molecular weight excluding hydrogens is 275 g/mol.